The summed E-state index contributed by atoms with van der Waals surface area (Å²) in [5.41, 5.74) is -0.616. The fourth-order valence-electron chi connectivity index (χ4n) is 2.14. The molecule has 2 heterocycles. The van der Waals surface area contributed by atoms with Crippen molar-refractivity contribution in [1.29, 1.82) is 5.26 Å². The Morgan fingerprint density at radius 2 is 2.13 bits per heavy atom. The molecule has 9 heteroatoms. The molecule has 0 spiro atoms. The van der Waals surface area contributed by atoms with Crippen molar-refractivity contribution >= 4 is 34.8 Å². The molecule has 0 saturated heterocycles. The second-order valence-electron chi connectivity index (χ2n) is 4.53. The van der Waals surface area contributed by atoms with Crippen molar-refractivity contribution in [2.45, 2.75) is 0 Å². The lowest BCUT2D eigenvalue weighted by atomic mass is 10.1. The highest BCUT2D eigenvalue weighted by atomic mass is 35.5. The van der Waals surface area contributed by atoms with Crippen LogP contribution < -0.4 is 5.56 Å². The molecule has 0 amide bonds. The zero-order valence-electron chi connectivity index (χ0n) is 11.2. The summed E-state index contributed by atoms with van der Waals surface area (Å²) in [5.74, 6) is -1.40. The summed E-state index contributed by atoms with van der Waals surface area (Å²) in [6, 6.07) is 6.56. The predicted octanol–water partition coefficient (Wildman–Crippen LogP) is 2.57. The first-order valence-electron chi connectivity index (χ1n) is 6.17. The Balaban J connectivity index is 2.39. The number of halogens is 2. The van der Waals surface area contributed by atoms with E-state index in [9.17, 15) is 14.9 Å². The largest absolute Gasteiger partial charge is 0.477 e. The Morgan fingerprint density at radius 1 is 1.39 bits per heavy atom. The highest BCUT2D eigenvalue weighted by Crippen LogP contribution is 2.32. The van der Waals surface area contributed by atoms with Gasteiger partial charge >= 0.3 is 5.97 Å². The minimum Gasteiger partial charge on any atom is -0.477 e. The molecule has 3 rings (SSSR count). The van der Waals surface area contributed by atoms with Crippen LogP contribution in [0.2, 0.25) is 10.0 Å². The maximum atomic E-state index is 12.2. The van der Waals surface area contributed by atoms with E-state index in [4.69, 9.17) is 28.3 Å². The van der Waals surface area contributed by atoms with Crippen molar-refractivity contribution in [2.24, 2.45) is 0 Å². The van der Waals surface area contributed by atoms with E-state index >= 15 is 0 Å². The molecule has 0 atom stereocenters. The average Bonchev–Trinajstić information content (AvgIpc) is 2.86. The molecule has 0 fully saturated rings. The van der Waals surface area contributed by atoms with Crippen LogP contribution >= 0.6 is 23.2 Å². The second kappa shape index (κ2) is 5.43. The third-order valence-electron chi connectivity index (χ3n) is 3.19. The Morgan fingerprint density at radius 3 is 2.74 bits per heavy atom. The number of rotatable bonds is 2. The summed E-state index contributed by atoms with van der Waals surface area (Å²) in [6.07, 6.45) is 1.02. The van der Waals surface area contributed by atoms with Crippen molar-refractivity contribution in [3.8, 4) is 17.3 Å². The van der Waals surface area contributed by atoms with Gasteiger partial charge in [-0.15, -0.1) is 0 Å². The molecule has 0 saturated carbocycles. The number of nitrogens with one attached hydrogen (secondary N) is 1. The van der Waals surface area contributed by atoms with Crippen LogP contribution in [0.5, 0.6) is 0 Å². The molecule has 1 aromatic carbocycles. The lowest BCUT2D eigenvalue weighted by molar-refractivity contribution is 0.0694. The molecule has 0 aliphatic rings. The number of carboxylic acid groups (broad SMARTS) is 1. The molecule has 3 aromatic rings. The maximum absolute atomic E-state index is 12.2. The van der Waals surface area contributed by atoms with E-state index < -0.39 is 17.1 Å². The lowest BCUT2D eigenvalue weighted by Gasteiger charge is -2.01. The van der Waals surface area contributed by atoms with Crippen molar-refractivity contribution in [1.82, 2.24) is 14.6 Å². The number of H-pyrrole nitrogens is 1. The number of aromatic amines is 1. The van der Waals surface area contributed by atoms with Crippen LogP contribution in [0.25, 0.3) is 16.9 Å². The van der Waals surface area contributed by atoms with Gasteiger partial charge in [0.2, 0.25) is 0 Å². The first-order chi connectivity index (χ1) is 10.9. The first kappa shape index (κ1) is 15.1. The van der Waals surface area contributed by atoms with Crippen molar-refractivity contribution in [3.05, 3.63) is 55.9 Å². The molecule has 0 aliphatic carbocycles. The molecule has 0 radical (unpaired) electrons. The smallest absolute Gasteiger partial charge is 0.342 e. The molecular weight excluding hydrogens is 343 g/mol. The van der Waals surface area contributed by atoms with Gasteiger partial charge in [-0.2, -0.15) is 14.9 Å². The Hall–Kier alpha value is -2.82. The monoisotopic (exact) mass is 348 g/mol. The van der Waals surface area contributed by atoms with Crippen LogP contribution in [0.15, 0.2) is 29.2 Å². The Kier molecular flexibility index (Phi) is 3.56. The molecular formula is C14H6Cl2N4O3. The number of aromatic carboxylic acids is 1. The van der Waals surface area contributed by atoms with Gasteiger partial charge in [-0.3, -0.25) is 4.79 Å². The van der Waals surface area contributed by atoms with E-state index in [1.165, 1.54) is 6.07 Å². The molecule has 0 bridgehead atoms. The number of hydrogen-bond acceptors (Lipinski definition) is 4. The normalized spacial score (nSPS) is 10.7. The first-order valence-corrected chi connectivity index (χ1v) is 6.93. The van der Waals surface area contributed by atoms with Crippen molar-refractivity contribution in [3.63, 3.8) is 0 Å². The van der Waals surface area contributed by atoms with E-state index in [0.717, 1.165) is 10.7 Å². The van der Waals surface area contributed by atoms with Gasteiger partial charge in [0.1, 0.15) is 22.9 Å². The molecule has 0 unspecified atom stereocenters. The summed E-state index contributed by atoms with van der Waals surface area (Å²) in [7, 11) is 0. The fourth-order valence-corrected chi connectivity index (χ4v) is 2.64. The lowest BCUT2D eigenvalue weighted by Crippen LogP contribution is -2.23. The van der Waals surface area contributed by atoms with Gasteiger partial charge in [-0.25, -0.2) is 4.79 Å². The number of aromatic nitrogens is 3. The quantitative estimate of drug-likeness (QED) is 0.739. The van der Waals surface area contributed by atoms with Crippen LogP contribution in [0.4, 0.5) is 0 Å². The highest BCUT2D eigenvalue weighted by molar-refractivity contribution is 6.36. The summed E-state index contributed by atoms with van der Waals surface area (Å²) in [4.78, 5) is 25.8. The SMILES string of the molecule is N#Cc1c(-c2ccc(Cl)cc2Cl)nn2c(=O)c(C(=O)O)c[nH]c12. The van der Waals surface area contributed by atoms with Crippen LogP contribution in [-0.2, 0) is 0 Å². The van der Waals surface area contributed by atoms with Crippen molar-refractivity contribution < 1.29 is 9.90 Å². The predicted molar refractivity (Wildman–Crippen MR) is 82.9 cm³/mol. The van der Waals surface area contributed by atoms with E-state index in [1.54, 1.807) is 12.1 Å². The van der Waals surface area contributed by atoms with E-state index in [0.29, 0.717) is 10.6 Å². The maximum Gasteiger partial charge on any atom is 0.342 e. The number of benzene rings is 1. The third-order valence-corrected chi connectivity index (χ3v) is 3.74. The minimum atomic E-state index is -1.40. The average molecular weight is 349 g/mol. The van der Waals surface area contributed by atoms with Gasteiger partial charge in [-0.05, 0) is 18.2 Å². The minimum absolute atomic E-state index is 0.0725. The number of hydrogen-bond donors (Lipinski definition) is 2. The van der Waals surface area contributed by atoms with Crippen LogP contribution in [-0.4, -0.2) is 25.7 Å². The zero-order valence-corrected chi connectivity index (χ0v) is 12.7. The topological polar surface area (TPSA) is 111 Å². The standard InChI is InChI=1S/C14H6Cl2N4O3/c15-6-1-2-7(10(16)3-6)11-8(4-17)12-18-5-9(14(22)23)13(21)20(12)19-11/h1-3,5,18H,(H,22,23). The number of nitrogens with zero attached hydrogens (tertiary/aromatic N) is 3. The van der Waals surface area contributed by atoms with E-state index in [1.807, 2.05) is 6.07 Å². The Labute approximate surface area is 138 Å². The Bertz CT molecular complexity index is 1060. The summed E-state index contributed by atoms with van der Waals surface area (Å²) < 4.78 is 0.836. The summed E-state index contributed by atoms with van der Waals surface area (Å²) in [5, 5.41) is 23.1. The molecule has 23 heavy (non-hydrogen) atoms. The molecule has 114 valence electrons. The van der Waals surface area contributed by atoms with Gasteiger partial charge in [0.25, 0.3) is 5.56 Å². The number of carbonyl (C=O) groups is 1. The fraction of sp³-hybridized carbons (Fsp3) is 0. The van der Waals surface area contributed by atoms with Gasteiger partial charge in [0, 0.05) is 16.8 Å². The highest BCUT2D eigenvalue weighted by Gasteiger charge is 2.21. The van der Waals surface area contributed by atoms with Crippen molar-refractivity contribution in [2.75, 3.05) is 0 Å². The molecule has 2 N–H and O–H groups in total. The van der Waals surface area contributed by atoms with Gasteiger partial charge < -0.3 is 10.1 Å². The van der Waals surface area contributed by atoms with Crippen LogP contribution in [0.3, 0.4) is 0 Å². The van der Waals surface area contributed by atoms with E-state index in [2.05, 4.69) is 10.1 Å². The molecule has 0 aliphatic heterocycles. The van der Waals surface area contributed by atoms with Crippen LogP contribution in [0.1, 0.15) is 15.9 Å². The van der Waals surface area contributed by atoms with Gasteiger partial charge in [-0.1, -0.05) is 23.2 Å². The number of nitriles is 1. The van der Waals surface area contributed by atoms with Crippen LogP contribution in [0, 0.1) is 11.3 Å². The number of fused-ring (bicyclic) bond motifs is 1. The third kappa shape index (κ3) is 2.34. The molecule has 2 aromatic heterocycles. The number of carboxylic acids is 1. The zero-order chi connectivity index (χ0) is 16.7. The second-order valence-corrected chi connectivity index (χ2v) is 5.38. The van der Waals surface area contributed by atoms with Gasteiger partial charge in [0.05, 0.1) is 5.02 Å². The summed E-state index contributed by atoms with van der Waals surface area (Å²) >= 11 is 12.0. The van der Waals surface area contributed by atoms with Gasteiger partial charge in [0.15, 0.2) is 5.65 Å². The summed E-state index contributed by atoms with van der Waals surface area (Å²) in [6.45, 7) is 0. The van der Waals surface area contributed by atoms with E-state index in [-0.39, 0.29) is 21.9 Å². The molecule has 7 nitrogen and oxygen atoms in total.